The van der Waals surface area contributed by atoms with Crippen LogP contribution in [-0.4, -0.2) is 53.4 Å². The van der Waals surface area contributed by atoms with Crippen LogP contribution in [0.3, 0.4) is 0 Å². The van der Waals surface area contributed by atoms with Crippen LogP contribution in [0.5, 0.6) is 11.5 Å². The number of aryl methyl sites for hydroxylation is 3. The van der Waals surface area contributed by atoms with Crippen molar-refractivity contribution < 1.29 is 33.0 Å². The molecule has 0 aromatic heterocycles. The second-order valence-electron chi connectivity index (χ2n) is 8.39. The number of carbonyl (C=O) groups is 2. The first-order valence-corrected chi connectivity index (χ1v) is 10.6. The Kier molecular flexibility index (Phi) is 7.53. The fourth-order valence-corrected chi connectivity index (χ4v) is 3.78. The van der Waals surface area contributed by atoms with Gasteiger partial charge in [0.05, 0.1) is 6.54 Å². The van der Waals surface area contributed by atoms with E-state index in [1.165, 1.54) is 12.1 Å². The van der Waals surface area contributed by atoms with Crippen molar-refractivity contribution in [3.8, 4) is 11.5 Å². The first-order chi connectivity index (χ1) is 15.6. The minimum atomic E-state index is -2.89. The van der Waals surface area contributed by atoms with Crippen molar-refractivity contribution in [1.29, 1.82) is 0 Å². The first kappa shape index (κ1) is 24.4. The summed E-state index contributed by atoms with van der Waals surface area (Å²) in [4.78, 5) is 26.4. The van der Waals surface area contributed by atoms with Crippen molar-refractivity contribution in [2.75, 3.05) is 13.2 Å². The number of urea groups is 1. The number of ether oxygens (including phenoxy) is 2. The van der Waals surface area contributed by atoms with Gasteiger partial charge in [0, 0.05) is 0 Å². The van der Waals surface area contributed by atoms with Crippen LogP contribution in [0.4, 0.5) is 13.6 Å². The summed E-state index contributed by atoms with van der Waals surface area (Å²) < 4.78 is 34.6. The monoisotopic (exact) mass is 462 g/mol. The van der Waals surface area contributed by atoms with Gasteiger partial charge in [-0.05, 0) is 62.4 Å². The molecule has 2 unspecified atom stereocenters. The summed E-state index contributed by atoms with van der Waals surface area (Å²) in [5.74, 6) is 0.285. The zero-order valence-corrected chi connectivity index (χ0v) is 18.8. The molecular weight excluding hydrogens is 434 g/mol. The van der Waals surface area contributed by atoms with Crippen molar-refractivity contribution in [2.24, 2.45) is 0 Å². The molecule has 2 N–H and O–H groups in total. The van der Waals surface area contributed by atoms with Crippen LogP contribution in [0.2, 0.25) is 0 Å². The third-order valence-corrected chi connectivity index (χ3v) is 5.63. The van der Waals surface area contributed by atoms with Crippen molar-refractivity contribution in [2.45, 2.75) is 51.9 Å². The average molecular weight is 462 g/mol. The van der Waals surface area contributed by atoms with Gasteiger partial charge in [-0.1, -0.05) is 30.3 Å². The minimum Gasteiger partial charge on any atom is -0.490 e. The molecule has 7 nitrogen and oxygen atoms in total. The van der Waals surface area contributed by atoms with Crippen LogP contribution in [0, 0.1) is 13.8 Å². The van der Waals surface area contributed by atoms with E-state index in [-0.39, 0.29) is 18.9 Å². The van der Waals surface area contributed by atoms with E-state index in [0.717, 1.165) is 21.6 Å². The van der Waals surface area contributed by atoms with E-state index < -0.39 is 30.2 Å². The molecule has 9 heteroatoms. The quantitative estimate of drug-likeness (QED) is 0.527. The number of nitrogens with one attached hydrogen (secondary N) is 1. The van der Waals surface area contributed by atoms with Gasteiger partial charge in [-0.25, -0.2) is 4.79 Å². The maximum atomic E-state index is 12.9. The Labute approximate surface area is 191 Å². The summed E-state index contributed by atoms with van der Waals surface area (Å²) in [7, 11) is 0. The Hall–Kier alpha value is -3.20. The van der Waals surface area contributed by atoms with Crippen molar-refractivity contribution >= 4 is 11.9 Å². The number of benzene rings is 2. The number of hydrogen-bond donors (Lipinski definition) is 2. The number of β-amino-alcohol motifs (C(OH)–C–C–N with tert-alkyl or cyclic N) is 1. The molecule has 0 spiro atoms. The highest BCUT2D eigenvalue weighted by Gasteiger charge is 2.47. The Morgan fingerprint density at radius 2 is 1.73 bits per heavy atom. The molecule has 33 heavy (non-hydrogen) atoms. The lowest BCUT2D eigenvalue weighted by molar-refractivity contribution is -0.132. The number of carbonyl (C=O) groups excluding carboxylic acids is 2. The summed E-state index contributed by atoms with van der Waals surface area (Å²) in [6.45, 7) is 2.28. The molecule has 3 rings (SSSR count). The van der Waals surface area contributed by atoms with E-state index in [9.17, 15) is 23.5 Å². The maximum Gasteiger partial charge on any atom is 0.387 e. The van der Waals surface area contributed by atoms with Crippen LogP contribution < -0.4 is 14.8 Å². The Bertz CT molecular complexity index is 979. The highest BCUT2D eigenvalue weighted by molar-refractivity contribution is 6.06. The second-order valence-corrected chi connectivity index (χ2v) is 8.39. The van der Waals surface area contributed by atoms with Gasteiger partial charge in [0.15, 0.2) is 0 Å². The molecule has 1 saturated heterocycles. The summed E-state index contributed by atoms with van der Waals surface area (Å²) in [5, 5.41) is 13.1. The molecule has 178 valence electrons. The Morgan fingerprint density at radius 3 is 2.33 bits per heavy atom. The molecule has 1 aliphatic heterocycles. The first-order valence-electron chi connectivity index (χ1n) is 10.6. The van der Waals surface area contributed by atoms with Crippen LogP contribution in [0.15, 0.2) is 42.5 Å². The average Bonchev–Trinajstić information content (AvgIpc) is 2.96. The number of halogens is 2. The van der Waals surface area contributed by atoms with Gasteiger partial charge in [0.2, 0.25) is 0 Å². The molecule has 0 bridgehead atoms. The lowest BCUT2D eigenvalue weighted by Crippen LogP contribution is -2.45. The van der Waals surface area contributed by atoms with E-state index in [1.54, 1.807) is 19.1 Å². The van der Waals surface area contributed by atoms with Crippen molar-refractivity contribution in [1.82, 2.24) is 10.2 Å². The second kappa shape index (κ2) is 10.2. The Balaban J connectivity index is 1.55. The predicted octanol–water partition coefficient (Wildman–Crippen LogP) is 3.59. The van der Waals surface area contributed by atoms with Crippen molar-refractivity contribution in [3.63, 3.8) is 0 Å². The lowest BCUT2D eigenvalue weighted by atomic mass is 9.93. The molecule has 1 aliphatic rings. The van der Waals surface area contributed by atoms with Crippen LogP contribution in [-0.2, 0) is 11.2 Å². The summed E-state index contributed by atoms with van der Waals surface area (Å²) in [6, 6.07) is 11.3. The zero-order valence-electron chi connectivity index (χ0n) is 18.8. The van der Waals surface area contributed by atoms with Gasteiger partial charge in [0.25, 0.3) is 5.91 Å². The zero-order chi connectivity index (χ0) is 24.2. The van der Waals surface area contributed by atoms with Gasteiger partial charge >= 0.3 is 12.6 Å². The molecular formula is C24H28F2N2O5. The van der Waals surface area contributed by atoms with Gasteiger partial charge < -0.3 is 19.9 Å². The molecule has 2 aromatic rings. The number of imide groups is 1. The van der Waals surface area contributed by atoms with Gasteiger partial charge in [-0.15, -0.1) is 0 Å². The summed E-state index contributed by atoms with van der Waals surface area (Å²) in [5.41, 5.74) is 1.53. The third kappa shape index (κ3) is 5.98. The smallest absolute Gasteiger partial charge is 0.387 e. The third-order valence-electron chi connectivity index (χ3n) is 5.63. The van der Waals surface area contributed by atoms with Crippen molar-refractivity contribution in [3.05, 3.63) is 59.2 Å². The van der Waals surface area contributed by atoms with E-state index in [1.807, 2.05) is 32.0 Å². The molecule has 0 saturated carbocycles. The highest BCUT2D eigenvalue weighted by atomic mass is 19.3. The number of hydrogen-bond acceptors (Lipinski definition) is 5. The number of alkyl halides is 2. The molecule has 1 fully saturated rings. The fraction of sp³-hybridized carbons (Fsp3) is 0.417. The maximum absolute atomic E-state index is 12.9. The molecule has 0 aliphatic carbocycles. The predicted molar refractivity (Wildman–Crippen MR) is 117 cm³/mol. The fourth-order valence-electron chi connectivity index (χ4n) is 3.78. The lowest BCUT2D eigenvalue weighted by Gasteiger charge is -2.23. The van der Waals surface area contributed by atoms with Crippen LogP contribution in [0.25, 0.3) is 0 Å². The summed E-state index contributed by atoms with van der Waals surface area (Å²) >= 11 is 0. The Morgan fingerprint density at radius 1 is 1.09 bits per heavy atom. The molecule has 2 atom stereocenters. The highest BCUT2D eigenvalue weighted by Crippen LogP contribution is 2.25. The van der Waals surface area contributed by atoms with E-state index in [4.69, 9.17) is 4.74 Å². The number of amides is 3. The number of para-hydroxylation sites is 1. The van der Waals surface area contributed by atoms with Gasteiger partial charge in [0.1, 0.15) is 29.7 Å². The van der Waals surface area contributed by atoms with Crippen LogP contribution in [0.1, 0.15) is 30.0 Å². The molecule has 2 aromatic carbocycles. The number of aliphatic hydroxyl groups is 1. The van der Waals surface area contributed by atoms with Crippen LogP contribution >= 0.6 is 0 Å². The van der Waals surface area contributed by atoms with E-state index in [2.05, 4.69) is 10.1 Å². The number of rotatable bonds is 10. The SMILES string of the molecule is Cc1cccc(C)c1OCC(O)CN1C(=O)NC(C)(CCc2ccc(OC(F)F)cc2)C1=O. The minimum absolute atomic E-state index is 0.0495. The molecule has 0 radical (unpaired) electrons. The summed E-state index contributed by atoms with van der Waals surface area (Å²) in [6.07, 6.45) is -0.315. The van der Waals surface area contributed by atoms with Gasteiger partial charge in [-0.2, -0.15) is 8.78 Å². The molecule has 1 heterocycles. The number of nitrogens with zero attached hydrogens (tertiary/aromatic N) is 1. The molecule has 3 amide bonds. The van der Waals surface area contributed by atoms with E-state index in [0.29, 0.717) is 18.6 Å². The number of aliphatic hydroxyl groups excluding tert-OH is 1. The topological polar surface area (TPSA) is 88.1 Å². The van der Waals surface area contributed by atoms with Gasteiger partial charge in [-0.3, -0.25) is 9.69 Å². The standard InChI is InChI=1S/C24H28F2N2O5/c1-15-5-4-6-16(2)20(15)32-14-18(29)13-28-21(30)24(3,27-23(28)31)12-11-17-7-9-19(10-8-17)33-22(25)26/h4-10,18,22,29H,11-14H2,1-3H3,(H,27,31). The normalized spacial score (nSPS) is 19.1. The largest absolute Gasteiger partial charge is 0.490 e. The van der Waals surface area contributed by atoms with E-state index >= 15 is 0 Å².